The Labute approximate surface area is 104 Å². The van der Waals surface area contributed by atoms with Gasteiger partial charge in [-0.15, -0.1) is 11.8 Å². The third kappa shape index (κ3) is 5.26. The van der Waals surface area contributed by atoms with Crippen LogP contribution in [0.4, 0.5) is 10.5 Å². The van der Waals surface area contributed by atoms with Crippen molar-refractivity contribution < 1.29 is 14.3 Å². The second-order valence-corrected chi connectivity index (χ2v) is 4.18. The van der Waals surface area contributed by atoms with Crippen LogP contribution < -0.4 is 11.1 Å². The zero-order valence-corrected chi connectivity index (χ0v) is 10.3. The number of anilines is 1. The molecule has 0 aliphatic carbocycles. The van der Waals surface area contributed by atoms with E-state index in [9.17, 15) is 9.59 Å². The molecule has 0 saturated heterocycles. The third-order valence-corrected chi connectivity index (χ3v) is 2.74. The molecule has 5 nitrogen and oxygen atoms in total. The highest BCUT2D eigenvalue weighted by Gasteiger charge is 2.08. The summed E-state index contributed by atoms with van der Waals surface area (Å²) in [6.45, 7) is 1.91. The molecule has 0 heterocycles. The van der Waals surface area contributed by atoms with E-state index < -0.39 is 12.0 Å². The van der Waals surface area contributed by atoms with Crippen LogP contribution in [0.2, 0.25) is 0 Å². The van der Waals surface area contributed by atoms with Gasteiger partial charge in [-0.05, 0) is 25.1 Å². The molecule has 2 amide bonds. The molecule has 0 spiro atoms. The van der Waals surface area contributed by atoms with Crippen LogP contribution in [0.15, 0.2) is 29.2 Å². The lowest BCUT2D eigenvalue weighted by Crippen LogP contribution is -2.32. The lowest BCUT2D eigenvalue weighted by molar-refractivity contribution is -0.117. The molecular formula is C11H14N2O3S. The highest BCUT2D eigenvalue weighted by atomic mass is 32.2. The van der Waals surface area contributed by atoms with Gasteiger partial charge in [0.25, 0.3) is 0 Å². The van der Waals surface area contributed by atoms with E-state index in [-0.39, 0.29) is 12.4 Å². The second-order valence-electron chi connectivity index (χ2n) is 3.13. The number of carbonyl (C=O) groups excluding carboxylic acids is 2. The van der Waals surface area contributed by atoms with Crippen molar-refractivity contribution in [1.29, 1.82) is 0 Å². The number of alkyl carbamates (subject to hydrolysis) is 1. The van der Waals surface area contributed by atoms with Gasteiger partial charge in [-0.25, -0.2) is 4.79 Å². The van der Waals surface area contributed by atoms with Gasteiger partial charge >= 0.3 is 6.09 Å². The molecule has 92 valence electrons. The van der Waals surface area contributed by atoms with E-state index in [1.54, 1.807) is 25.1 Å². The van der Waals surface area contributed by atoms with Crippen LogP contribution in [0.1, 0.15) is 6.92 Å². The molecule has 6 heteroatoms. The predicted octanol–water partition coefficient (Wildman–Crippen LogP) is 1.63. The summed E-state index contributed by atoms with van der Waals surface area (Å²) in [6, 6.07) is 7.19. The zero-order chi connectivity index (χ0) is 12.7. The standard InChI is InChI=1S/C11H14N2O3S/c1-2-16-11(15)13-10(14)7-17-9-5-3-4-8(12)6-9/h3-6H,2,7,12H2,1H3,(H,13,14,15). The summed E-state index contributed by atoms with van der Waals surface area (Å²) >= 11 is 1.30. The molecule has 0 aliphatic rings. The molecular weight excluding hydrogens is 240 g/mol. The molecule has 1 rings (SSSR count). The Hall–Kier alpha value is -1.69. The van der Waals surface area contributed by atoms with Crippen molar-refractivity contribution in [2.45, 2.75) is 11.8 Å². The van der Waals surface area contributed by atoms with E-state index in [1.807, 2.05) is 6.07 Å². The Bertz CT molecular complexity index is 409. The number of nitrogen functional groups attached to an aromatic ring is 1. The van der Waals surface area contributed by atoms with Gasteiger partial charge in [-0.1, -0.05) is 6.07 Å². The summed E-state index contributed by atoms with van der Waals surface area (Å²) < 4.78 is 4.58. The topological polar surface area (TPSA) is 81.4 Å². The summed E-state index contributed by atoms with van der Waals surface area (Å²) in [5.41, 5.74) is 6.24. The maximum absolute atomic E-state index is 11.3. The molecule has 0 radical (unpaired) electrons. The Morgan fingerprint density at radius 2 is 2.24 bits per heavy atom. The SMILES string of the molecule is CCOC(=O)NC(=O)CSc1cccc(N)c1. The van der Waals surface area contributed by atoms with Gasteiger partial charge < -0.3 is 10.5 Å². The lowest BCUT2D eigenvalue weighted by atomic mass is 10.3. The quantitative estimate of drug-likeness (QED) is 0.630. The molecule has 0 saturated carbocycles. The number of amides is 2. The van der Waals surface area contributed by atoms with E-state index in [0.717, 1.165) is 4.90 Å². The summed E-state index contributed by atoms with van der Waals surface area (Å²) in [4.78, 5) is 23.1. The smallest absolute Gasteiger partial charge is 0.413 e. The van der Waals surface area contributed by atoms with Crippen LogP contribution in [-0.2, 0) is 9.53 Å². The number of rotatable bonds is 4. The van der Waals surface area contributed by atoms with Crippen LogP contribution in [0.25, 0.3) is 0 Å². The molecule has 3 N–H and O–H groups in total. The molecule has 17 heavy (non-hydrogen) atoms. The largest absolute Gasteiger partial charge is 0.450 e. The van der Waals surface area contributed by atoms with Crippen molar-refractivity contribution in [2.75, 3.05) is 18.1 Å². The maximum Gasteiger partial charge on any atom is 0.413 e. The molecule has 1 aromatic rings. The maximum atomic E-state index is 11.3. The number of thioether (sulfide) groups is 1. The van der Waals surface area contributed by atoms with Gasteiger partial charge in [0.05, 0.1) is 12.4 Å². The molecule has 0 aromatic heterocycles. The fourth-order valence-electron chi connectivity index (χ4n) is 1.07. The molecule has 0 bridgehead atoms. The number of hydrogen-bond donors (Lipinski definition) is 2. The van der Waals surface area contributed by atoms with Crippen LogP contribution in [0.3, 0.4) is 0 Å². The fourth-order valence-corrected chi connectivity index (χ4v) is 1.83. The first kappa shape index (κ1) is 13.4. The van der Waals surface area contributed by atoms with Crippen LogP contribution >= 0.6 is 11.8 Å². The Balaban J connectivity index is 2.35. The average molecular weight is 254 g/mol. The fraction of sp³-hybridized carbons (Fsp3) is 0.273. The first-order valence-corrected chi connectivity index (χ1v) is 6.05. The summed E-state index contributed by atoms with van der Waals surface area (Å²) in [7, 11) is 0. The number of nitrogens with two attached hydrogens (primary N) is 1. The van der Waals surface area contributed by atoms with Gasteiger partial charge in [0.2, 0.25) is 5.91 Å². The minimum absolute atomic E-state index is 0.141. The Morgan fingerprint density at radius 1 is 1.47 bits per heavy atom. The van der Waals surface area contributed by atoms with Gasteiger partial charge in [-0.3, -0.25) is 10.1 Å². The third-order valence-electron chi connectivity index (χ3n) is 1.74. The Morgan fingerprint density at radius 3 is 2.88 bits per heavy atom. The van der Waals surface area contributed by atoms with Crippen molar-refractivity contribution in [1.82, 2.24) is 5.32 Å². The van der Waals surface area contributed by atoms with E-state index in [0.29, 0.717) is 5.69 Å². The number of benzene rings is 1. The van der Waals surface area contributed by atoms with Crippen molar-refractivity contribution in [3.63, 3.8) is 0 Å². The van der Waals surface area contributed by atoms with E-state index >= 15 is 0 Å². The number of nitrogens with one attached hydrogen (secondary N) is 1. The summed E-state index contributed by atoms with van der Waals surface area (Å²) in [5.74, 6) is -0.252. The van der Waals surface area contributed by atoms with Gasteiger partial charge in [0.15, 0.2) is 0 Å². The number of carbonyl (C=O) groups is 2. The van der Waals surface area contributed by atoms with E-state index in [4.69, 9.17) is 5.73 Å². The monoisotopic (exact) mass is 254 g/mol. The lowest BCUT2D eigenvalue weighted by Gasteiger charge is -2.04. The number of imide groups is 1. The number of ether oxygens (including phenoxy) is 1. The summed E-state index contributed by atoms with van der Waals surface area (Å²) in [6.07, 6.45) is -0.717. The van der Waals surface area contributed by atoms with Crippen molar-refractivity contribution in [3.8, 4) is 0 Å². The van der Waals surface area contributed by atoms with Crippen molar-refractivity contribution >= 4 is 29.4 Å². The predicted molar refractivity (Wildman–Crippen MR) is 66.7 cm³/mol. The molecule has 0 aliphatic heterocycles. The minimum atomic E-state index is -0.717. The van der Waals surface area contributed by atoms with Gasteiger partial charge in [-0.2, -0.15) is 0 Å². The summed E-state index contributed by atoms with van der Waals surface area (Å²) in [5, 5.41) is 2.11. The first-order valence-electron chi connectivity index (χ1n) is 5.06. The van der Waals surface area contributed by atoms with Crippen LogP contribution in [0, 0.1) is 0 Å². The zero-order valence-electron chi connectivity index (χ0n) is 9.43. The van der Waals surface area contributed by atoms with E-state index in [2.05, 4.69) is 10.1 Å². The van der Waals surface area contributed by atoms with Crippen LogP contribution in [0.5, 0.6) is 0 Å². The highest BCUT2D eigenvalue weighted by molar-refractivity contribution is 8.00. The van der Waals surface area contributed by atoms with Crippen molar-refractivity contribution in [3.05, 3.63) is 24.3 Å². The average Bonchev–Trinajstić information content (AvgIpc) is 2.27. The molecule has 0 unspecified atom stereocenters. The molecule has 0 fully saturated rings. The highest BCUT2D eigenvalue weighted by Crippen LogP contribution is 2.19. The normalized spacial score (nSPS) is 9.71. The van der Waals surface area contributed by atoms with Gasteiger partial charge in [0, 0.05) is 10.6 Å². The molecule has 0 atom stereocenters. The van der Waals surface area contributed by atoms with Crippen molar-refractivity contribution in [2.24, 2.45) is 0 Å². The minimum Gasteiger partial charge on any atom is -0.450 e. The molecule has 1 aromatic carbocycles. The second kappa shape index (κ2) is 6.80. The number of hydrogen-bond acceptors (Lipinski definition) is 5. The first-order chi connectivity index (χ1) is 8.11. The van der Waals surface area contributed by atoms with E-state index in [1.165, 1.54) is 11.8 Å². The Kier molecular flexibility index (Phi) is 5.35. The van der Waals surface area contributed by atoms with Crippen LogP contribution in [-0.4, -0.2) is 24.4 Å². The van der Waals surface area contributed by atoms with Gasteiger partial charge in [0.1, 0.15) is 0 Å².